The molecule has 16 rings (SSSR count). The lowest BCUT2D eigenvalue weighted by atomic mass is 9.67. The van der Waals surface area contributed by atoms with Gasteiger partial charge in [-0.25, -0.2) is 4.98 Å². The van der Waals surface area contributed by atoms with Crippen molar-refractivity contribution in [2.24, 2.45) is 0 Å². The highest BCUT2D eigenvalue weighted by Crippen LogP contribution is 2.62. The van der Waals surface area contributed by atoms with E-state index in [9.17, 15) is 0 Å². The third kappa shape index (κ3) is 5.25. The molecule has 12 aromatic rings. The molecule has 0 N–H and O–H groups in total. The molecule has 332 valence electrons. The Bertz CT molecular complexity index is 4220. The minimum atomic E-state index is -0.674. The second-order valence-corrected chi connectivity index (χ2v) is 20.1. The average molecular weight is 925 g/mol. The Morgan fingerprint density at radius 3 is 1.79 bits per heavy atom. The molecular formula is C64H40N6S. The first-order valence-electron chi connectivity index (χ1n) is 24.3. The Hall–Kier alpha value is -8.78. The van der Waals surface area contributed by atoms with E-state index >= 15 is 0 Å². The van der Waals surface area contributed by atoms with Crippen molar-refractivity contribution in [3.8, 4) is 34.0 Å². The molecule has 3 atom stereocenters. The lowest BCUT2D eigenvalue weighted by Crippen LogP contribution is -2.32. The van der Waals surface area contributed by atoms with Crippen LogP contribution < -0.4 is 4.90 Å². The molecule has 0 fully saturated rings. The summed E-state index contributed by atoms with van der Waals surface area (Å²) >= 11 is 1.86. The van der Waals surface area contributed by atoms with Gasteiger partial charge in [-0.05, 0) is 112 Å². The fourth-order valence-corrected chi connectivity index (χ4v) is 14.0. The van der Waals surface area contributed by atoms with Gasteiger partial charge in [0.2, 0.25) is 0 Å². The molecule has 7 heterocycles. The molecule has 0 amide bonds. The van der Waals surface area contributed by atoms with Gasteiger partial charge in [0.15, 0.2) is 5.82 Å². The molecule has 4 aliphatic rings. The summed E-state index contributed by atoms with van der Waals surface area (Å²) in [6, 6.07) is 69.2. The summed E-state index contributed by atoms with van der Waals surface area (Å²) in [7, 11) is 0. The Morgan fingerprint density at radius 2 is 1.03 bits per heavy atom. The van der Waals surface area contributed by atoms with Crippen molar-refractivity contribution in [3.63, 3.8) is 0 Å². The van der Waals surface area contributed by atoms with E-state index in [4.69, 9.17) is 15.0 Å². The van der Waals surface area contributed by atoms with Crippen molar-refractivity contribution in [1.82, 2.24) is 24.1 Å². The summed E-state index contributed by atoms with van der Waals surface area (Å²) in [5, 5.41) is 4.90. The first-order chi connectivity index (χ1) is 35.2. The molecule has 1 spiro atoms. The lowest BCUT2D eigenvalue weighted by molar-refractivity contribution is 0.719. The summed E-state index contributed by atoms with van der Waals surface area (Å²) in [5.41, 5.74) is 17.6. The molecule has 0 bridgehead atoms. The molecule has 2 aliphatic carbocycles. The normalized spacial score (nSPS) is 18.0. The minimum Gasteiger partial charge on any atom is -0.330 e. The number of fused-ring (bicyclic) bond motifs is 18. The second kappa shape index (κ2) is 14.6. The van der Waals surface area contributed by atoms with Gasteiger partial charge in [-0.3, -0.25) is 14.5 Å². The van der Waals surface area contributed by atoms with Crippen LogP contribution in [0.1, 0.15) is 33.7 Å². The molecule has 7 heteroatoms. The van der Waals surface area contributed by atoms with Crippen LogP contribution in [0.5, 0.6) is 0 Å². The first kappa shape index (κ1) is 39.1. The van der Waals surface area contributed by atoms with Gasteiger partial charge in [0, 0.05) is 60.9 Å². The van der Waals surface area contributed by atoms with Gasteiger partial charge in [0.25, 0.3) is 0 Å². The molecule has 6 nitrogen and oxygen atoms in total. The highest BCUT2D eigenvalue weighted by molar-refractivity contribution is 7.99. The summed E-state index contributed by atoms with van der Waals surface area (Å²) in [5.74, 6) is 1.07. The van der Waals surface area contributed by atoms with Crippen LogP contribution in [-0.2, 0) is 5.41 Å². The van der Waals surface area contributed by atoms with Crippen LogP contribution in [0.25, 0.3) is 77.6 Å². The fourth-order valence-electron chi connectivity index (χ4n) is 12.8. The molecule has 2 aliphatic heterocycles. The van der Waals surface area contributed by atoms with Crippen molar-refractivity contribution in [1.29, 1.82) is 0 Å². The number of allylic oxidation sites excluding steroid dienone is 2. The average Bonchev–Trinajstić information content (AvgIpc) is 4.15. The zero-order valence-electron chi connectivity index (χ0n) is 38.2. The van der Waals surface area contributed by atoms with Crippen molar-refractivity contribution in [2.45, 2.75) is 27.2 Å². The Balaban J connectivity index is 0.885. The van der Waals surface area contributed by atoms with Gasteiger partial charge in [-0.1, -0.05) is 145 Å². The number of nitrogens with zero attached hydrogens (tertiary/aromatic N) is 6. The maximum Gasteiger partial charge on any atom is 0.161 e. The number of anilines is 2. The number of hydrogen-bond acceptors (Lipinski definition) is 5. The highest BCUT2D eigenvalue weighted by Gasteiger charge is 2.52. The predicted octanol–water partition coefficient (Wildman–Crippen LogP) is 15.3. The summed E-state index contributed by atoms with van der Waals surface area (Å²) in [4.78, 5) is 20.7. The van der Waals surface area contributed by atoms with Crippen molar-refractivity contribution in [3.05, 3.63) is 259 Å². The Labute approximate surface area is 413 Å². The van der Waals surface area contributed by atoms with E-state index in [2.05, 4.69) is 226 Å². The zero-order valence-corrected chi connectivity index (χ0v) is 39.0. The molecule has 0 saturated heterocycles. The summed E-state index contributed by atoms with van der Waals surface area (Å²) in [6.45, 7) is 0. The number of pyridine rings is 3. The Kier molecular flexibility index (Phi) is 8.05. The highest BCUT2D eigenvalue weighted by atomic mass is 32.2. The molecule has 3 unspecified atom stereocenters. The molecule has 5 aromatic heterocycles. The van der Waals surface area contributed by atoms with Gasteiger partial charge >= 0.3 is 0 Å². The van der Waals surface area contributed by atoms with E-state index in [0.29, 0.717) is 0 Å². The third-order valence-electron chi connectivity index (χ3n) is 15.6. The van der Waals surface area contributed by atoms with Gasteiger partial charge in [-0.2, -0.15) is 0 Å². The van der Waals surface area contributed by atoms with Crippen LogP contribution in [0.4, 0.5) is 11.4 Å². The topological polar surface area (TPSA) is 51.8 Å². The van der Waals surface area contributed by atoms with E-state index in [1.165, 1.54) is 64.8 Å². The van der Waals surface area contributed by atoms with Gasteiger partial charge in [0.1, 0.15) is 0 Å². The monoisotopic (exact) mass is 924 g/mol. The van der Waals surface area contributed by atoms with Crippen molar-refractivity contribution < 1.29 is 0 Å². The quantitative estimate of drug-likeness (QED) is 0.176. The standard InChI is InChI=1S/C64H40N6S/c1-7-22-52-42(15-1)43-16-2-8-23-53(43)68(52)41-37-51-62(67-38-41)61-49(21-13-33-65-61)64(51)48-20-6-12-28-59(48)71-60-32-30-40(36-50(60)64)39-29-31-57-47(35-39)46-19-5-9-24-54(46)69(57)58-27-14-34-66-63(58)70-55-25-10-3-17-44(55)45-18-4-11-26-56(45)70/h1-38,46,54H. The number of para-hydroxylation sites is 4. The number of rotatable bonds is 4. The van der Waals surface area contributed by atoms with E-state index in [1.54, 1.807) is 0 Å². The number of aromatic nitrogens is 5. The number of hydrogen-bond donors (Lipinski definition) is 0. The number of benzene rings is 7. The van der Waals surface area contributed by atoms with Gasteiger partial charge in [-0.15, -0.1) is 0 Å². The molecule has 7 aromatic carbocycles. The van der Waals surface area contributed by atoms with Crippen LogP contribution >= 0.6 is 11.8 Å². The largest absolute Gasteiger partial charge is 0.330 e. The van der Waals surface area contributed by atoms with Crippen LogP contribution in [0.15, 0.2) is 241 Å². The lowest BCUT2D eigenvalue weighted by Gasteiger charge is -2.39. The SMILES string of the molecule is C1=CC2c3cc(-c4ccc5c(c4)C4(c6ccccc6S5)c5cccnc5-c5ncc(-n6c7ccccc7c7ccccc76)cc54)ccc3N(c3cccnc3-n3c4ccccc4c4ccccc43)C2C=C1. The minimum absolute atomic E-state index is 0.0798. The van der Waals surface area contributed by atoms with Crippen molar-refractivity contribution in [2.75, 3.05) is 4.90 Å². The molecule has 0 radical (unpaired) electrons. The van der Waals surface area contributed by atoms with E-state index in [1.807, 2.05) is 30.4 Å². The van der Waals surface area contributed by atoms with E-state index in [-0.39, 0.29) is 12.0 Å². The maximum atomic E-state index is 5.40. The second-order valence-electron chi connectivity index (χ2n) is 19.1. The van der Waals surface area contributed by atoms with Crippen LogP contribution in [-0.4, -0.2) is 30.1 Å². The smallest absolute Gasteiger partial charge is 0.161 e. The van der Waals surface area contributed by atoms with Crippen LogP contribution in [0.2, 0.25) is 0 Å². The van der Waals surface area contributed by atoms with Gasteiger partial charge < -0.3 is 9.47 Å². The molecular weight excluding hydrogens is 885 g/mol. The summed E-state index contributed by atoms with van der Waals surface area (Å²) in [6.07, 6.45) is 15.0. The van der Waals surface area contributed by atoms with Crippen LogP contribution in [0, 0.1) is 0 Å². The summed E-state index contributed by atoms with van der Waals surface area (Å²) < 4.78 is 4.73. The van der Waals surface area contributed by atoms with E-state index < -0.39 is 5.41 Å². The predicted molar refractivity (Wildman–Crippen MR) is 289 cm³/mol. The van der Waals surface area contributed by atoms with Gasteiger partial charge in [0.05, 0.1) is 62.5 Å². The Morgan fingerprint density at radius 1 is 0.437 bits per heavy atom. The van der Waals surface area contributed by atoms with Crippen molar-refractivity contribution >= 4 is 66.7 Å². The van der Waals surface area contributed by atoms with E-state index in [0.717, 1.165) is 61.8 Å². The molecule has 71 heavy (non-hydrogen) atoms. The fraction of sp³-hybridized carbons (Fsp3) is 0.0469. The molecule has 0 saturated carbocycles. The first-order valence-corrected chi connectivity index (χ1v) is 25.1. The zero-order chi connectivity index (χ0) is 46.4. The van der Waals surface area contributed by atoms with Crippen LogP contribution in [0.3, 0.4) is 0 Å². The third-order valence-corrected chi connectivity index (χ3v) is 16.8. The maximum absolute atomic E-state index is 5.40.